The van der Waals surface area contributed by atoms with Crippen molar-refractivity contribution in [3.63, 3.8) is 0 Å². The molecule has 0 radical (unpaired) electrons. The summed E-state index contributed by atoms with van der Waals surface area (Å²) in [7, 11) is -3.36. The van der Waals surface area contributed by atoms with E-state index >= 15 is 0 Å². The molecule has 2 N–H and O–H groups in total. The fourth-order valence-electron chi connectivity index (χ4n) is 3.25. The molecule has 0 aromatic rings. The van der Waals surface area contributed by atoms with Crippen molar-refractivity contribution in [1.29, 1.82) is 0 Å². The molecule has 5 nitrogen and oxygen atoms in total. The second kappa shape index (κ2) is 6.22. The normalized spacial score (nSPS) is 30.1. The van der Waals surface area contributed by atoms with Crippen molar-refractivity contribution in [2.75, 3.05) is 0 Å². The van der Waals surface area contributed by atoms with Crippen molar-refractivity contribution in [3.8, 4) is 0 Å². The summed E-state index contributed by atoms with van der Waals surface area (Å²) in [5.74, 6) is -1.44. The first-order valence-electron chi connectivity index (χ1n) is 7.24. The van der Waals surface area contributed by atoms with E-state index in [2.05, 4.69) is 4.72 Å². The number of rotatable bonds is 4. The molecule has 6 heteroatoms. The molecule has 0 heterocycles. The van der Waals surface area contributed by atoms with Crippen molar-refractivity contribution in [3.05, 3.63) is 0 Å². The first-order chi connectivity index (χ1) is 9.00. The van der Waals surface area contributed by atoms with E-state index in [0.29, 0.717) is 25.7 Å². The molecule has 19 heavy (non-hydrogen) atoms. The lowest BCUT2D eigenvalue weighted by Gasteiger charge is -2.24. The summed E-state index contributed by atoms with van der Waals surface area (Å²) >= 11 is 0. The Kier molecular flexibility index (Phi) is 4.84. The van der Waals surface area contributed by atoms with E-state index < -0.39 is 28.0 Å². The summed E-state index contributed by atoms with van der Waals surface area (Å²) in [6.45, 7) is 0. The number of nitrogens with one attached hydrogen (secondary N) is 1. The lowest BCUT2D eigenvalue weighted by atomic mass is 9.96. The number of aliphatic carboxylic acids is 1. The Morgan fingerprint density at radius 3 is 2.16 bits per heavy atom. The molecule has 0 saturated heterocycles. The van der Waals surface area contributed by atoms with Gasteiger partial charge < -0.3 is 5.11 Å². The summed E-state index contributed by atoms with van der Waals surface area (Å²) in [6.07, 6.45) is 7.32. The second-order valence-corrected chi connectivity index (χ2v) is 7.75. The maximum atomic E-state index is 12.3. The molecule has 2 saturated carbocycles. The van der Waals surface area contributed by atoms with Crippen molar-refractivity contribution in [1.82, 2.24) is 4.72 Å². The van der Waals surface area contributed by atoms with Gasteiger partial charge in [-0.15, -0.1) is 0 Å². The molecule has 2 rings (SSSR count). The van der Waals surface area contributed by atoms with Gasteiger partial charge in [0, 0.05) is 6.04 Å². The van der Waals surface area contributed by atoms with Gasteiger partial charge in [0.2, 0.25) is 10.0 Å². The Hall–Kier alpha value is -0.620. The minimum absolute atomic E-state index is 0.315. The summed E-state index contributed by atoms with van der Waals surface area (Å²) in [5, 5.41) is 8.95. The first kappa shape index (κ1) is 14.8. The van der Waals surface area contributed by atoms with Crippen LogP contribution in [0.5, 0.6) is 0 Å². The Morgan fingerprint density at radius 2 is 1.53 bits per heavy atom. The molecule has 2 aliphatic rings. The van der Waals surface area contributed by atoms with Gasteiger partial charge in [0.1, 0.15) is 0 Å². The van der Waals surface area contributed by atoms with E-state index in [1.807, 2.05) is 0 Å². The maximum Gasteiger partial charge on any atom is 0.308 e. The summed E-state index contributed by atoms with van der Waals surface area (Å²) in [6, 6.07) is -0.425. The van der Waals surface area contributed by atoms with E-state index in [-0.39, 0.29) is 5.25 Å². The van der Waals surface area contributed by atoms with Crippen molar-refractivity contribution in [2.24, 2.45) is 5.92 Å². The Morgan fingerprint density at radius 1 is 0.947 bits per heavy atom. The van der Waals surface area contributed by atoms with Crippen LogP contribution < -0.4 is 4.72 Å². The molecule has 110 valence electrons. The minimum atomic E-state index is -3.36. The van der Waals surface area contributed by atoms with Gasteiger partial charge in [-0.3, -0.25) is 4.79 Å². The highest BCUT2D eigenvalue weighted by molar-refractivity contribution is 7.90. The largest absolute Gasteiger partial charge is 0.481 e. The van der Waals surface area contributed by atoms with Crippen LogP contribution in [0.3, 0.4) is 0 Å². The lowest BCUT2D eigenvalue weighted by Crippen LogP contribution is -2.45. The molecular weight excluding hydrogens is 266 g/mol. The molecular formula is C13H23NO4S. The maximum absolute atomic E-state index is 12.3. The first-order valence-corrected chi connectivity index (χ1v) is 8.79. The van der Waals surface area contributed by atoms with Gasteiger partial charge >= 0.3 is 5.97 Å². The van der Waals surface area contributed by atoms with Crippen LogP contribution in [-0.4, -0.2) is 30.8 Å². The highest BCUT2D eigenvalue weighted by atomic mass is 32.2. The van der Waals surface area contributed by atoms with Crippen LogP contribution in [0.4, 0.5) is 0 Å². The number of sulfonamides is 1. The highest BCUT2D eigenvalue weighted by Crippen LogP contribution is 2.28. The smallest absolute Gasteiger partial charge is 0.308 e. The van der Waals surface area contributed by atoms with Crippen LogP contribution >= 0.6 is 0 Å². The van der Waals surface area contributed by atoms with Gasteiger partial charge in [-0.1, -0.05) is 32.1 Å². The monoisotopic (exact) mass is 289 g/mol. The third-order valence-corrected chi connectivity index (χ3v) is 6.37. The summed E-state index contributed by atoms with van der Waals surface area (Å²) in [5.41, 5.74) is 0. The number of hydrogen-bond donors (Lipinski definition) is 2. The Balaban J connectivity index is 2.07. The van der Waals surface area contributed by atoms with Crippen molar-refractivity contribution < 1.29 is 18.3 Å². The van der Waals surface area contributed by atoms with Crippen LogP contribution in [0.15, 0.2) is 0 Å². The second-order valence-electron chi connectivity index (χ2n) is 5.76. The fraction of sp³-hybridized carbons (Fsp3) is 0.923. The van der Waals surface area contributed by atoms with Gasteiger partial charge in [-0.25, -0.2) is 13.1 Å². The van der Waals surface area contributed by atoms with Gasteiger partial charge in [0.25, 0.3) is 0 Å². The zero-order chi connectivity index (χ0) is 13.9. The number of carboxylic acid groups (broad SMARTS) is 1. The minimum Gasteiger partial charge on any atom is -0.481 e. The predicted octanol–water partition coefficient (Wildman–Crippen LogP) is 1.88. The molecule has 2 atom stereocenters. The third-order valence-electron chi connectivity index (χ3n) is 4.39. The van der Waals surface area contributed by atoms with Crippen LogP contribution in [-0.2, 0) is 14.8 Å². The lowest BCUT2D eigenvalue weighted by molar-refractivity contribution is -0.142. The summed E-state index contributed by atoms with van der Waals surface area (Å²) in [4.78, 5) is 11.3. The fourth-order valence-corrected chi connectivity index (χ4v) is 5.10. The van der Waals surface area contributed by atoms with E-state index in [0.717, 1.165) is 32.1 Å². The van der Waals surface area contributed by atoms with Gasteiger partial charge in [-0.2, -0.15) is 0 Å². The van der Waals surface area contributed by atoms with Crippen molar-refractivity contribution in [2.45, 2.75) is 69.1 Å². The molecule has 2 aliphatic carbocycles. The highest BCUT2D eigenvalue weighted by Gasteiger charge is 2.36. The van der Waals surface area contributed by atoms with E-state index in [1.165, 1.54) is 0 Å². The standard InChI is InChI=1S/C13H23NO4S/c15-13(16)11-8-2-1-3-9-12(11)14-19(17,18)10-6-4-5-7-10/h10-12,14H,1-9H2,(H,15,16). The van der Waals surface area contributed by atoms with Gasteiger partial charge in [0.05, 0.1) is 11.2 Å². The SMILES string of the molecule is O=C(O)C1CCCCCC1NS(=O)(=O)C1CCCC1. The van der Waals surface area contributed by atoms with Crippen LogP contribution in [0, 0.1) is 5.92 Å². The molecule has 0 aliphatic heterocycles. The average Bonchev–Trinajstić information content (AvgIpc) is 2.78. The molecule has 0 spiro atoms. The Bertz CT molecular complexity index is 414. The van der Waals surface area contributed by atoms with E-state index in [1.54, 1.807) is 0 Å². The van der Waals surface area contributed by atoms with Gasteiger partial charge in [0.15, 0.2) is 0 Å². The van der Waals surface area contributed by atoms with Crippen LogP contribution in [0.2, 0.25) is 0 Å². The average molecular weight is 289 g/mol. The Labute approximate surface area is 114 Å². The topological polar surface area (TPSA) is 83.5 Å². The number of hydrogen-bond acceptors (Lipinski definition) is 3. The molecule has 0 aromatic heterocycles. The van der Waals surface area contributed by atoms with Crippen LogP contribution in [0.1, 0.15) is 57.8 Å². The van der Waals surface area contributed by atoms with E-state index in [4.69, 9.17) is 0 Å². The predicted molar refractivity (Wildman–Crippen MR) is 72.3 cm³/mol. The quantitative estimate of drug-likeness (QED) is 0.774. The van der Waals surface area contributed by atoms with Gasteiger partial charge in [-0.05, 0) is 25.7 Å². The zero-order valence-electron chi connectivity index (χ0n) is 11.2. The number of carbonyl (C=O) groups is 1. The molecule has 2 fully saturated rings. The van der Waals surface area contributed by atoms with E-state index in [9.17, 15) is 18.3 Å². The molecule has 2 unspecified atom stereocenters. The van der Waals surface area contributed by atoms with Crippen molar-refractivity contribution >= 4 is 16.0 Å². The molecule has 0 aromatic carbocycles. The molecule has 0 amide bonds. The molecule has 0 bridgehead atoms. The third kappa shape index (κ3) is 3.69. The summed E-state index contributed by atoms with van der Waals surface area (Å²) < 4.78 is 27.3. The van der Waals surface area contributed by atoms with Crippen LogP contribution in [0.25, 0.3) is 0 Å². The number of carboxylic acids is 1. The zero-order valence-corrected chi connectivity index (χ0v) is 12.0.